The first-order valence-electron chi connectivity index (χ1n) is 6.27. The SMILES string of the molecule is NCC1CN(Cc2cc(Cl)cc3c2OCC3)C(=O)O1. The standard InChI is InChI=1S/C13H15ClN2O3/c14-10-3-8-1-2-18-12(8)9(4-10)6-16-7-11(5-15)19-13(16)17/h3-4,11H,1-2,5-7,15H2. The molecule has 102 valence electrons. The first-order valence-corrected chi connectivity index (χ1v) is 6.65. The van der Waals surface area contributed by atoms with Gasteiger partial charge in [0.05, 0.1) is 19.7 Å². The summed E-state index contributed by atoms with van der Waals surface area (Å²) in [6, 6.07) is 3.76. The van der Waals surface area contributed by atoms with E-state index in [9.17, 15) is 4.79 Å². The van der Waals surface area contributed by atoms with Crippen molar-refractivity contribution >= 4 is 17.7 Å². The fraction of sp³-hybridized carbons (Fsp3) is 0.462. The third-order valence-corrected chi connectivity index (χ3v) is 3.62. The number of carbonyl (C=O) groups excluding carboxylic acids is 1. The highest BCUT2D eigenvalue weighted by atomic mass is 35.5. The summed E-state index contributed by atoms with van der Waals surface area (Å²) in [7, 11) is 0. The zero-order valence-electron chi connectivity index (χ0n) is 10.4. The molecule has 2 aliphatic heterocycles. The number of rotatable bonds is 3. The third-order valence-electron chi connectivity index (χ3n) is 3.40. The second kappa shape index (κ2) is 4.90. The highest BCUT2D eigenvalue weighted by Gasteiger charge is 2.31. The zero-order valence-corrected chi connectivity index (χ0v) is 11.2. The Bertz CT molecular complexity index is 521. The van der Waals surface area contributed by atoms with E-state index in [0.29, 0.717) is 31.3 Å². The summed E-state index contributed by atoms with van der Waals surface area (Å²) < 4.78 is 10.8. The number of fused-ring (bicyclic) bond motifs is 1. The van der Waals surface area contributed by atoms with Gasteiger partial charge in [-0.3, -0.25) is 4.90 Å². The molecule has 0 aromatic heterocycles. The van der Waals surface area contributed by atoms with Crippen molar-refractivity contribution in [2.45, 2.75) is 19.1 Å². The molecule has 0 spiro atoms. The molecule has 0 bridgehead atoms. The zero-order chi connectivity index (χ0) is 13.4. The molecular weight excluding hydrogens is 268 g/mol. The molecule has 1 amide bonds. The Morgan fingerprint density at radius 1 is 1.47 bits per heavy atom. The number of carbonyl (C=O) groups is 1. The molecular formula is C13H15ClN2O3. The number of hydrogen-bond donors (Lipinski definition) is 1. The average Bonchev–Trinajstić information content (AvgIpc) is 2.96. The minimum absolute atomic E-state index is 0.222. The molecule has 2 N–H and O–H groups in total. The van der Waals surface area contributed by atoms with Crippen LogP contribution in [0.4, 0.5) is 4.79 Å². The molecule has 19 heavy (non-hydrogen) atoms. The van der Waals surface area contributed by atoms with E-state index in [1.165, 1.54) is 0 Å². The topological polar surface area (TPSA) is 64.8 Å². The lowest BCUT2D eigenvalue weighted by molar-refractivity contribution is 0.134. The normalized spacial score (nSPS) is 21.3. The third kappa shape index (κ3) is 2.35. The lowest BCUT2D eigenvalue weighted by Crippen LogP contribution is -2.27. The monoisotopic (exact) mass is 282 g/mol. The van der Waals surface area contributed by atoms with Crippen molar-refractivity contribution in [1.82, 2.24) is 4.90 Å². The Morgan fingerprint density at radius 2 is 2.32 bits per heavy atom. The fourth-order valence-electron chi connectivity index (χ4n) is 2.50. The van der Waals surface area contributed by atoms with Gasteiger partial charge in [0.1, 0.15) is 11.9 Å². The van der Waals surface area contributed by atoms with Crippen LogP contribution in [-0.2, 0) is 17.7 Å². The van der Waals surface area contributed by atoms with Crippen LogP contribution in [0.1, 0.15) is 11.1 Å². The van der Waals surface area contributed by atoms with Gasteiger partial charge >= 0.3 is 6.09 Å². The summed E-state index contributed by atoms with van der Waals surface area (Å²) in [5, 5.41) is 0.669. The predicted octanol–water partition coefficient (Wildman–Crippen LogP) is 1.55. The van der Waals surface area contributed by atoms with Crippen molar-refractivity contribution in [3.63, 3.8) is 0 Å². The number of hydrogen-bond acceptors (Lipinski definition) is 4. The van der Waals surface area contributed by atoms with Crippen LogP contribution < -0.4 is 10.5 Å². The highest BCUT2D eigenvalue weighted by Crippen LogP contribution is 2.34. The smallest absolute Gasteiger partial charge is 0.410 e. The summed E-state index contributed by atoms with van der Waals surface area (Å²) in [5.41, 5.74) is 7.54. The summed E-state index contributed by atoms with van der Waals surface area (Å²) in [5.74, 6) is 0.855. The van der Waals surface area contributed by atoms with Crippen molar-refractivity contribution in [2.75, 3.05) is 19.7 Å². The van der Waals surface area contributed by atoms with Crippen molar-refractivity contribution in [3.8, 4) is 5.75 Å². The van der Waals surface area contributed by atoms with Gasteiger partial charge in [0, 0.05) is 23.6 Å². The molecule has 1 fully saturated rings. The lowest BCUT2D eigenvalue weighted by Gasteiger charge is -2.15. The molecule has 1 aromatic rings. The van der Waals surface area contributed by atoms with Gasteiger partial charge in [-0.05, 0) is 17.7 Å². The molecule has 1 aromatic carbocycles. The molecule has 0 saturated carbocycles. The Balaban J connectivity index is 1.82. The maximum Gasteiger partial charge on any atom is 0.410 e. The van der Waals surface area contributed by atoms with Crippen LogP contribution in [0, 0.1) is 0 Å². The second-order valence-corrected chi connectivity index (χ2v) is 5.21. The predicted molar refractivity (Wildman–Crippen MR) is 70.4 cm³/mol. The van der Waals surface area contributed by atoms with E-state index in [2.05, 4.69) is 0 Å². The number of amides is 1. The molecule has 1 atom stereocenters. The van der Waals surface area contributed by atoms with Gasteiger partial charge in [-0.15, -0.1) is 0 Å². The minimum atomic E-state index is -0.331. The number of halogens is 1. The largest absolute Gasteiger partial charge is 0.493 e. The van der Waals surface area contributed by atoms with E-state index < -0.39 is 0 Å². The van der Waals surface area contributed by atoms with Crippen LogP contribution in [0.25, 0.3) is 0 Å². The Hall–Kier alpha value is -1.46. The highest BCUT2D eigenvalue weighted by molar-refractivity contribution is 6.30. The van der Waals surface area contributed by atoms with Crippen LogP contribution in [0.3, 0.4) is 0 Å². The van der Waals surface area contributed by atoms with Gasteiger partial charge in [-0.25, -0.2) is 4.79 Å². The van der Waals surface area contributed by atoms with E-state index in [1.807, 2.05) is 12.1 Å². The Kier molecular flexibility index (Phi) is 3.24. The maximum atomic E-state index is 11.7. The van der Waals surface area contributed by atoms with Crippen molar-refractivity contribution in [1.29, 1.82) is 0 Å². The van der Waals surface area contributed by atoms with Gasteiger partial charge in [0.25, 0.3) is 0 Å². The van der Waals surface area contributed by atoms with Crippen LogP contribution in [-0.4, -0.2) is 36.8 Å². The van der Waals surface area contributed by atoms with E-state index >= 15 is 0 Å². The molecule has 1 saturated heterocycles. The van der Waals surface area contributed by atoms with Gasteiger partial charge in [-0.1, -0.05) is 11.6 Å². The second-order valence-electron chi connectivity index (χ2n) is 4.77. The molecule has 0 aliphatic carbocycles. The van der Waals surface area contributed by atoms with Crippen LogP contribution in [0.15, 0.2) is 12.1 Å². The van der Waals surface area contributed by atoms with Gasteiger partial charge in [0.2, 0.25) is 0 Å². The fourth-order valence-corrected chi connectivity index (χ4v) is 2.76. The van der Waals surface area contributed by atoms with Crippen molar-refractivity contribution in [2.24, 2.45) is 5.73 Å². The Morgan fingerprint density at radius 3 is 3.05 bits per heavy atom. The molecule has 1 unspecified atom stereocenters. The maximum absolute atomic E-state index is 11.7. The van der Waals surface area contributed by atoms with Gasteiger partial charge < -0.3 is 15.2 Å². The summed E-state index contributed by atoms with van der Waals surface area (Å²) >= 11 is 6.10. The number of nitrogens with two attached hydrogens (primary N) is 1. The summed E-state index contributed by atoms with van der Waals surface area (Å²) in [6.45, 7) is 1.96. The summed E-state index contributed by atoms with van der Waals surface area (Å²) in [6.07, 6.45) is 0.307. The van der Waals surface area contributed by atoms with E-state index in [-0.39, 0.29) is 12.2 Å². The number of nitrogens with zero attached hydrogens (tertiary/aromatic N) is 1. The lowest BCUT2D eigenvalue weighted by atomic mass is 10.1. The van der Waals surface area contributed by atoms with E-state index in [4.69, 9.17) is 26.8 Å². The van der Waals surface area contributed by atoms with Crippen LogP contribution >= 0.6 is 11.6 Å². The number of benzene rings is 1. The van der Waals surface area contributed by atoms with Crippen LogP contribution in [0.5, 0.6) is 5.75 Å². The van der Waals surface area contributed by atoms with Crippen LogP contribution in [0.2, 0.25) is 5.02 Å². The molecule has 2 heterocycles. The quantitative estimate of drug-likeness (QED) is 0.914. The minimum Gasteiger partial charge on any atom is -0.493 e. The first kappa shape index (κ1) is 12.6. The Labute approximate surface area is 116 Å². The van der Waals surface area contributed by atoms with Crippen molar-refractivity contribution < 1.29 is 14.3 Å². The molecule has 0 radical (unpaired) electrons. The molecule has 3 rings (SSSR count). The van der Waals surface area contributed by atoms with E-state index in [0.717, 1.165) is 23.3 Å². The molecule has 2 aliphatic rings. The number of cyclic esters (lactones) is 1. The van der Waals surface area contributed by atoms with Gasteiger partial charge in [0.15, 0.2) is 0 Å². The van der Waals surface area contributed by atoms with Crippen molar-refractivity contribution in [3.05, 3.63) is 28.3 Å². The average molecular weight is 283 g/mol. The number of ether oxygens (including phenoxy) is 2. The van der Waals surface area contributed by atoms with E-state index in [1.54, 1.807) is 4.90 Å². The summed E-state index contributed by atoms with van der Waals surface area (Å²) in [4.78, 5) is 13.3. The molecule has 6 heteroatoms. The van der Waals surface area contributed by atoms with Gasteiger partial charge in [-0.2, -0.15) is 0 Å². The molecule has 5 nitrogen and oxygen atoms in total. The first-order chi connectivity index (χ1) is 9.17.